The van der Waals surface area contributed by atoms with Crippen LogP contribution >= 0.6 is 0 Å². The second kappa shape index (κ2) is 6.64. The molecule has 0 rings (SSSR count). The fourth-order valence-corrected chi connectivity index (χ4v) is 0.753. The quantitative estimate of drug-likeness (QED) is 0.440. The highest BCUT2D eigenvalue weighted by atomic mass is 16.2. The molecule has 3 N–H and O–H groups in total. The van der Waals surface area contributed by atoms with Gasteiger partial charge in [-0.1, -0.05) is 13.8 Å². The summed E-state index contributed by atoms with van der Waals surface area (Å²) < 4.78 is 0. The molecule has 0 aromatic carbocycles. The van der Waals surface area contributed by atoms with Crippen LogP contribution in [0.15, 0.2) is 11.6 Å². The lowest BCUT2D eigenvalue weighted by Crippen LogP contribution is -2.32. The summed E-state index contributed by atoms with van der Waals surface area (Å²) in [5, 5.41) is 16.1. The SMILES string of the molecule is CC(C)C(=O)CNC(=O)/C(C=N)=C/C=N. The van der Waals surface area contributed by atoms with Gasteiger partial charge in [0.2, 0.25) is 0 Å². The molecule has 0 atom stereocenters. The minimum atomic E-state index is -0.512. The predicted molar refractivity (Wildman–Crippen MR) is 58.5 cm³/mol. The Balaban J connectivity index is 4.25. The van der Waals surface area contributed by atoms with Gasteiger partial charge in [-0.15, -0.1) is 0 Å². The third-order valence-corrected chi connectivity index (χ3v) is 1.75. The van der Waals surface area contributed by atoms with Crippen LogP contribution in [0, 0.1) is 16.7 Å². The van der Waals surface area contributed by atoms with E-state index in [9.17, 15) is 9.59 Å². The number of nitrogens with one attached hydrogen (secondary N) is 3. The summed E-state index contributed by atoms with van der Waals surface area (Å²) in [7, 11) is 0. The Hall–Kier alpha value is -1.78. The molecule has 0 aliphatic rings. The van der Waals surface area contributed by atoms with E-state index in [-0.39, 0.29) is 23.8 Å². The number of amides is 1. The van der Waals surface area contributed by atoms with Crippen LogP contribution in [-0.2, 0) is 9.59 Å². The largest absolute Gasteiger partial charge is 0.345 e. The third kappa shape index (κ3) is 4.85. The van der Waals surface area contributed by atoms with Crippen molar-refractivity contribution < 1.29 is 9.59 Å². The van der Waals surface area contributed by atoms with E-state index in [2.05, 4.69) is 5.32 Å². The van der Waals surface area contributed by atoms with Gasteiger partial charge in [-0.05, 0) is 6.08 Å². The Morgan fingerprint density at radius 3 is 2.33 bits per heavy atom. The molecule has 15 heavy (non-hydrogen) atoms. The smallest absolute Gasteiger partial charge is 0.253 e. The van der Waals surface area contributed by atoms with Crippen molar-refractivity contribution in [1.82, 2.24) is 5.32 Å². The number of carbonyl (C=O) groups is 2. The first kappa shape index (κ1) is 13.2. The van der Waals surface area contributed by atoms with Gasteiger partial charge in [0.1, 0.15) is 0 Å². The van der Waals surface area contributed by atoms with Crippen LogP contribution in [0.2, 0.25) is 0 Å². The Labute approximate surface area is 88.6 Å². The fraction of sp³-hybridized carbons (Fsp3) is 0.400. The highest BCUT2D eigenvalue weighted by Gasteiger charge is 2.10. The maximum atomic E-state index is 11.3. The van der Waals surface area contributed by atoms with Gasteiger partial charge >= 0.3 is 0 Å². The molecule has 0 radical (unpaired) electrons. The normalized spacial score (nSPS) is 11.0. The lowest BCUT2D eigenvalue weighted by Gasteiger charge is -2.06. The number of allylic oxidation sites excluding steroid dienone is 1. The summed E-state index contributed by atoms with van der Waals surface area (Å²) in [6.07, 6.45) is 2.96. The molecule has 0 aliphatic carbocycles. The molecule has 0 saturated heterocycles. The van der Waals surface area contributed by atoms with Crippen LogP contribution in [0.1, 0.15) is 13.8 Å². The van der Waals surface area contributed by atoms with E-state index in [1.807, 2.05) is 0 Å². The maximum Gasteiger partial charge on any atom is 0.253 e. The molecular formula is C10H15N3O2. The molecule has 0 unspecified atom stereocenters. The third-order valence-electron chi connectivity index (χ3n) is 1.75. The minimum absolute atomic E-state index is 0.0420. The first-order valence-electron chi connectivity index (χ1n) is 4.55. The summed E-state index contributed by atoms with van der Waals surface area (Å²) >= 11 is 0. The molecule has 0 aromatic heterocycles. The zero-order valence-electron chi connectivity index (χ0n) is 8.83. The predicted octanol–water partition coefficient (Wildman–Crippen LogP) is 0.553. The topological polar surface area (TPSA) is 93.9 Å². The molecule has 5 nitrogen and oxygen atoms in total. The summed E-state index contributed by atoms with van der Waals surface area (Å²) in [6.45, 7) is 3.46. The van der Waals surface area contributed by atoms with Gasteiger partial charge in [-0.25, -0.2) is 0 Å². The molecule has 82 valence electrons. The van der Waals surface area contributed by atoms with E-state index in [1.165, 1.54) is 6.08 Å². The lowest BCUT2D eigenvalue weighted by molar-refractivity contribution is -0.124. The summed E-state index contributed by atoms with van der Waals surface area (Å²) in [5.41, 5.74) is 0.0570. The van der Waals surface area contributed by atoms with Crippen LogP contribution in [0.3, 0.4) is 0 Å². The van der Waals surface area contributed by atoms with Crippen molar-refractivity contribution in [2.75, 3.05) is 6.54 Å². The lowest BCUT2D eigenvalue weighted by atomic mass is 10.1. The molecule has 5 heteroatoms. The first-order chi connectivity index (χ1) is 7.02. The summed E-state index contributed by atoms with van der Waals surface area (Å²) in [5.74, 6) is -0.703. The van der Waals surface area contributed by atoms with Crippen LogP contribution < -0.4 is 5.32 Å². The molecular weight excluding hydrogens is 194 g/mol. The van der Waals surface area contributed by atoms with Gasteiger partial charge in [0.25, 0.3) is 5.91 Å². The number of carbonyl (C=O) groups excluding carboxylic acids is 2. The van der Waals surface area contributed by atoms with Crippen molar-refractivity contribution in [2.45, 2.75) is 13.8 Å². The van der Waals surface area contributed by atoms with E-state index in [1.54, 1.807) is 13.8 Å². The van der Waals surface area contributed by atoms with Gasteiger partial charge in [0.15, 0.2) is 5.78 Å². The van der Waals surface area contributed by atoms with Crippen LogP contribution in [0.5, 0.6) is 0 Å². The zero-order chi connectivity index (χ0) is 11.8. The van der Waals surface area contributed by atoms with Crippen molar-refractivity contribution in [3.63, 3.8) is 0 Å². The van der Waals surface area contributed by atoms with Crippen LogP contribution in [0.25, 0.3) is 0 Å². The van der Waals surface area contributed by atoms with Gasteiger partial charge in [-0.2, -0.15) is 0 Å². The van der Waals surface area contributed by atoms with E-state index >= 15 is 0 Å². The second-order valence-electron chi connectivity index (χ2n) is 3.24. The molecule has 0 spiro atoms. The minimum Gasteiger partial charge on any atom is -0.345 e. The molecule has 0 aliphatic heterocycles. The molecule has 0 fully saturated rings. The molecule has 0 bridgehead atoms. The number of rotatable bonds is 6. The van der Waals surface area contributed by atoms with E-state index in [0.29, 0.717) is 0 Å². The van der Waals surface area contributed by atoms with Crippen molar-refractivity contribution in [3.8, 4) is 0 Å². The number of hydrogen-bond acceptors (Lipinski definition) is 4. The number of hydrogen-bond donors (Lipinski definition) is 3. The van der Waals surface area contributed by atoms with Gasteiger partial charge in [-0.3, -0.25) is 9.59 Å². The van der Waals surface area contributed by atoms with Crippen molar-refractivity contribution in [1.29, 1.82) is 10.8 Å². The van der Waals surface area contributed by atoms with Gasteiger partial charge < -0.3 is 16.1 Å². The fourth-order valence-electron chi connectivity index (χ4n) is 0.753. The Kier molecular flexibility index (Phi) is 5.85. The monoisotopic (exact) mass is 209 g/mol. The second-order valence-corrected chi connectivity index (χ2v) is 3.24. The van der Waals surface area contributed by atoms with Crippen molar-refractivity contribution in [3.05, 3.63) is 11.6 Å². The standard InChI is InChI=1S/C10H15N3O2/c1-7(2)9(14)6-13-10(15)8(5-12)3-4-11/h3-5,7,11-12H,6H2,1-2H3,(H,13,15)/b8-3+,11-4?,12-5?. The average Bonchev–Trinajstić information content (AvgIpc) is 2.21. The molecule has 0 heterocycles. The first-order valence-corrected chi connectivity index (χ1v) is 4.55. The highest BCUT2D eigenvalue weighted by molar-refractivity contribution is 6.14. The Morgan fingerprint density at radius 1 is 1.33 bits per heavy atom. The highest BCUT2D eigenvalue weighted by Crippen LogP contribution is 1.93. The molecule has 0 saturated carbocycles. The average molecular weight is 209 g/mol. The molecule has 1 amide bonds. The number of ketones is 1. The summed E-state index contributed by atoms with van der Waals surface area (Å²) in [6, 6.07) is 0. The van der Waals surface area contributed by atoms with Crippen LogP contribution in [-0.4, -0.2) is 30.7 Å². The zero-order valence-corrected chi connectivity index (χ0v) is 8.83. The van der Waals surface area contributed by atoms with E-state index in [4.69, 9.17) is 10.8 Å². The van der Waals surface area contributed by atoms with Crippen molar-refractivity contribution >= 4 is 24.1 Å². The Morgan fingerprint density at radius 2 is 1.93 bits per heavy atom. The van der Waals surface area contributed by atoms with E-state index < -0.39 is 5.91 Å². The Bertz CT molecular complexity index is 306. The van der Waals surface area contributed by atoms with Crippen molar-refractivity contribution in [2.24, 2.45) is 5.92 Å². The summed E-state index contributed by atoms with van der Waals surface area (Å²) in [4.78, 5) is 22.5. The number of Topliss-reactive ketones (excluding diaryl/α,β-unsaturated/α-hetero) is 1. The van der Waals surface area contributed by atoms with Gasteiger partial charge in [0.05, 0.1) is 12.1 Å². The van der Waals surface area contributed by atoms with Crippen LogP contribution in [0.4, 0.5) is 0 Å². The van der Waals surface area contributed by atoms with Gasteiger partial charge in [0, 0.05) is 18.3 Å². The maximum absolute atomic E-state index is 11.3. The van der Waals surface area contributed by atoms with E-state index in [0.717, 1.165) is 12.4 Å². The molecule has 0 aromatic rings.